The van der Waals surface area contributed by atoms with Gasteiger partial charge in [-0.25, -0.2) is 13.4 Å². The number of sulfone groups is 1. The number of aromatic nitrogens is 3. The first-order chi connectivity index (χ1) is 16.3. The molecule has 11 heteroatoms. The predicted octanol–water partition coefficient (Wildman–Crippen LogP) is 4.32. The van der Waals surface area contributed by atoms with Gasteiger partial charge in [-0.15, -0.1) is 0 Å². The first-order valence-corrected chi connectivity index (χ1v) is 12.8. The molecular formula is C24H28F3N3O4S. The van der Waals surface area contributed by atoms with E-state index in [-0.39, 0.29) is 15.2 Å². The van der Waals surface area contributed by atoms with Crippen LogP contribution in [0, 0.1) is 5.92 Å². The number of pyridine rings is 1. The lowest BCUT2D eigenvalue weighted by molar-refractivity contribution is -0.141. The third-order valence-electron chi connectivity index (χ3n) is 6.11. The van der Waals surface area contributed by atoms with Gasteiger partial charge < -0.3 is 13.9 Å². The van der Waals surface area contributed by atoms with Gasteiger partial charge in [0.15, 0.2) is 0 Å². The molecule has 4 rings (SSSR count). The average molecular weight is 512 g/mol. The molecule has 0 unspecified atom stereocenters. The molecule has 0 atom stereocenters. The van der Waals surface area contributed by atoms with Crippen molar-refractivity contribution in [1.82, 2.24) is 14.1 Å². The third kappa shape index (κ3) is 5.45. The van der Waals surface area contributed by atoms with Gasteiger partial charge in [-0.2, -0.15) is 13.2 Å². The average Bonchev–Trinajstić information content (AvgIpc) is 3.13. The monoisotopic (exact) mass is 511 g/mol. The van der Waals surface area contributed by atoms with Crippen LogP contribution in [-0.2, 0) is 33.1 Å². The van der Waals surface area contributed by atoms with E-state index in [1.165, 1.54) is 12.1 Å². The molecule has 0 radical (unpaired) electrons. The number of imidazole rings is 1. The van der Waals surface area contributed by atoms with Crippen LogP contribution in [0.4, 0.5) is 13.2 Å². The van der Waals surface area contributed by atoms with Crippen molar-refractivity contribution in [3.8, 4) is 0 Å². The summed E-state index contributed by atoms with van der Waals surface area (Å²) >= 11 is 0. The molecule has 190 valence electrons. The van der Waals surface area contributed by atoms with E-state index in [4.69, 9.17) is 9.72 Å². The number of ether oxygens (including phenoxy) is 1. The van der Waals surface area contributed by atoms with E-state index in [0.29, 0.717) is 29.2 Å². The minimum absolute atomic E-state index is 0.0749. The van der Waals surface area contributed by atoms with Gasteiger partial charge in [-0.1, -0.05) is 20.8 Å². The fraction of sp³-hybridized carbons (Fsp3) is 0.500. The van der Waals surface area contributed by atoms with Gasteiger partial charge >= 0.3 is 6.18 Å². The SMILES string of the molecule is CC(C)(C)c1nc2cc(S(=O)(=O)c3ccn(CC(F)(F)F)c(=O)c3)ccc2n1CC1CCOCC1. The van der Waals surface area contributed by atoms with E-state index in [2.05, 4.69) is 4.57 Å². The van der Waals surface area contributed by atoms with Crippen molar-refractivity contribution < 1.29 is 26.3 Å². The summed E-state index contributed by atoms with van der Waals surface area (Å²) in [6.45, 7) is 6.82. The Hall–Kier alpha value is -2.66. The van der Waals surface area contributed by atoms with Gasteiger partial charge in [-0.05, 0) is 43.0 Å². The second-order valence-corrected chi connectivity index (χ2v) is 11.9. The van der Waals surface area contributed by atoms with Crippen molar-refractivity contribution in [2.75, 3.05) is 13.2 Å². The van der Waals surface area contributed by atoms with Crippen LogP contribution in [0.1, 0.15) is 39.4 Å². The standard InChI is InChI=1S/C24H28F3N3O4S/c1-23(2,3)22-28-19-12-17(4-5-20(19)30(22)14-16-7-10-34-11-8-16)35(32,33)18-6-9-29(21(31)13-18)15-24(25,26)27/h4-6,9,12-13,16H,7-8,10-11,14-15H2,1-3H3. The van der Waals surface area contributed by atoms with Gasteiger partial charge in [0.2, 0.25) is 9.84 Å². The molecule has 2 aromatic heterocycles. The molecule has 3 heterocycles. The molecule has 0 bridgehead atoms. The van der Waals surface area contributed by atoms with Crippen LogP contribution in [0.2, 0.25) is 0 Å². The van der Waals surface area contributed by atoms with E-state index < -0.39 is 28.1 Å². The lowest BCUT2D eigenvalue weighted by Crippen LogP contribution is -2.27. The summed E-state index contributed by atoms with van der Waals surface area (Å²) in [6.07, 6.45) is -1.86. The second kappa shape index (κ2) is 9.09. The lowest BCUT2D eigenvalue weighted by atomic mass is 9.94. The Morgan fingerprint density at radius 3 is 2.31 bits per heavy atom. The van der Waals surface area contributed by atoms with Gasteiger partial charge in [0.05, 0.1) is 20.8 Å². The van der Waals surface area contributed by atoms with Crippen LogP contribution in [0.25, 0.3) is 11.0 Å². The molecule has 0 amide bonds. The van der Waals surface area contributed by atoms with E-state index in [1.54, 1.807) is 6.07 Å². The first-order valence-electron chi connectivity index (χ1n) is 11.4. The highest BCUT2D eigenvalue weighted by Crippen LogP contribution is 2.31. The molecule has 0 aliphatic carbocycles. The number of fused-ring (bicyclic) bond motifs is 1. The molecule has 1 aliphatic heterocycles. The predicted molar refractivity (Wildman–Crippen MR) is 124 cm³/mol. The molecule has 7 nitrogen and oxygen atoms in total. The number of hydrogen-bond acceptors (Lipinski definition) is 5. The maximum atomic E-state index is 13.2. The van der Waals surface area contributed by atoms with Crippen LogP contribution in [0.3, 0.4) is 0 Å². The molecule has 1 fully saturated rings. The van der Waals surface area contributed by atoms with Crippen molar-refractivity contribution in [3.05, 3.63) is 52.7 Å². The van der Waals surface area contributed by atoms with Gasteiger partial charge in [0.25, 0.3) is 5.56 Å². The van der Waals surface area contributed by atoms with E-state index in [9.17, 15) is 26.4 Å². The Morgan fingerprint density at radius 1 is 1.06 bits per heavy atom. The third-order valence-corrected chi connectivity index (χ3v) is 7.86. The molecule has 1 aliphatic rings. The topological polar surface area (TPSA) is 83.2 Å². The van der Waals surface area contributed by atoms with Crippen LogP contribution < -0.4 is 5.56 Å². The van der Waals surface area contributed by atoms with Gasteiger partial charge in [0, 0.05) is 37.4 Å². The summed E-state index contributed by atoms with van der Waals surface area (Å²) in [5.41, 5.74) is -0.0127. The van der Waals surface area contributed by atoms with Crippen molar-refractivity contribution in [3.63, 3.8) is 0 Å². The molecule has 0 spiro atoms. The number of rotatable bonds is 5. The highest BCUT2D eigenvalue weighted by molar-refractivity contribution is 7.91. The number of halogens is 3. The van der Waals surface area contributed by atoms with Crippen molar-refractivity contribution >= 4 is 20.9 Å². The molecule has 0 saturated carbocycles. The summed E-state index contributed by atoms with van der Waals surface area (Å²) in [4.78, 5) is 16.5. The fourth-order valence-corrected chi connectivity index (χ4v) is 5.62. The van der Waals surface area contributed by atoms with E-state index in [0.717, 1.165) is 49.1 Å². The lowest BCUT2D eigenvalue weighted by Gasteiger charge is -2.26. The van der Waals surface area contributed by atoms with Gasteiger partial charge in [0.1, 0.15) is 12.4 Å². The smallest absolute Gasteiger partial charge is 0.381 e. The Labute approximate surface area is 201 Å². The molecule has 0 N–H and O–H groups in total. The summed E-state index contributed by atoms with van der Waals surface area (Å²) in [5.74, 6) is 1.26. The minimum atomic E-state index is -4.59. The van der Waals surface area contributed by atoms with Crippen molar-refractivity contribution in [1.29, 1.82) is 0 Å². The Bertz CT molecular complexity index is 1400. The summed E-state index contributed by atoms with van der Waals surface area (Å²) in [5, 5.41) is 0. The van der Waals surface area contributed by atoms with Crippen LogP contribution >= 0.6 is 0 Å². The largest absolute Gasteiger partial charge is 0.406 e. The van der Waals surface area contributed by atoms with Crippen molar-refractivity contribution in [2.45, 2.75) is 68.1 Å². The maximum absolute atomic E-state index is 13.2. The number of benzene rings is 1. The maximum Gasteiger partial charge on any atom is 0.406 e. The van der Waals surface area contributed by atoms with Gasteiger partial charge in [-0.3, -0.25) is 4.79 Å². The zero-order valence-corrected chi connectivity index (χ0v) is 20.6. The fourth-order valence-electron chi connectivity index (χ4n) is 4.34. The zero-order chi connectivity index (χ0) is 25.6. The molecule has 3 aromatic rings. The first kappa shape index (κ1) is 25.4. The summed E-state index contributed by atoms with van der Waals surface area (Å²) < 4.78 is 72.4. The minimum Gasteiger partial charge on any atom is -0.381 e. The number of alkyl halides is 3. The molecule has 1 saturated heterocycles. The molecule has 1 aromatic carbocycles. The Morgan fingerprint density at radius 2 is 1.71 bits per heavy atom. The zero-order valence-electron chi connectivity index (χ0n) is 19.8. The Balaban J connectivity index is 1.73. The number of hydrogen-bond donors (Lipinski definition) is 0. The van der Waals surface area contributed by atoms with Crippen LogP contribution in [0.5, 0.6) is 0 Å². The highest BCUT2D eigenvalue weighted by atomic mass is 32.2. The quantitative estimate of drug-likeness (QED) is 0.510. The van der Waals surface area contributed by atoms with Crippen LogP contribution in [0.15, 0.2) is 51.1 Å². The highest BCUT2D eigenvalue weighted by Gasteiger charge is 2.30. The Kier molecular flexibility index (Phi) is 6.60. The number of nitrogens with zero attached hydrogens (tertiary/aromatic N) is 3. The second-order valence-electron chi connectivity index (χ2n) is 9.95. The van der Waals surface area contributed by atoms with Crippen molar-refractivity contribution in [2.24, 2.45) is 5.92 Å². The molecular weight excluding hydrogens is 483 g/mol. The van der Waals surface area contributed by atoms with Crippen LogP contribution in [-0.4, -0.2) is 41.9 Å². The van der Waals surface area contributed by atoms with E-state index >= 15 is 0 Å². The molecule has 35 heavy (non-hydrogen) atoms. The van der Waals surface area contributed by atoms with E-state index in [1.807, 2.05) is 20.8 Å². The summed E-state index contributed by atoms with van der Waals surface area (Å²) in [6, 6.07) is 6.34. The normalized spacial score (nSPS) is 16.2. The summed E-state index contributed by atoms with van der Waals surface area (Å²) in [7, 11) is -4.14.